The molecule has 2 rings (SSSR count). The van der Waals surface area contributed by atoms with Crippen molar-refractivity contribution in [2.75, 3.05) is 7.11 Å². The van der Waals surface area contributed by atoms with Crippen LogP contribution in [0.2, 0.25) is 5.02 Å². The Hall–Kier alpha value is -1.51. The number of aliphatic hydroxyl groups is 1. The van der Waals surface area contributed by atoms with Crippen LogP contribution in [0, 0.1) is 0 Å². The van der Waals surface area contributed by atoms with Crippen molar-refractivity contribution in [1.82, 2.24) is 0 Å². The van der Waals surface area contributed by atoms with E-state index in [-0.39, 0.29) is 0 Å². The van der Waals surface area contributed by atoms with Gasteiger partial charge >= 0.3 is 0 Å². The van der Waals surface area contributed by atoms with Crippen molar-refractivity contribution >= 4 is 11.6 Å². The summed E-state index contributed by atoms with van der Waals surface area (Å²) < 4.78 is 5.35. The maximum absolute atomic E-state index is 11.1. The van der Waals surface area contributed by atoms with Gasteiger partial charge in [-0.25, -0.2) is 0 Å². The van der Waals surface area contributed by atoms with E-state index in [1.807, 2.05) is 37.3 Å². The lowest BCUT2D eigenvalue weighted by molar-refractivity contribution is 0.0737. The van der Waals surface area contributed by atoms with Gasteiger partial charge in [0.05, 0.1) is 7.11 Å². The third kappa shape index (κ3) is 2.60. The SMILES string of the molecule is CCC(O)(c1ccccc1)c1cc(Cl)ccc1OC. The van der Waals surface area contributed by atoms with Crippen LogP contribution in [0.4, 0.5) is 0 Å². The summed E-state index contributed by atoms with van der Waals surface area (Å²) in [6, 6.07) is 14.9. The first-order chi connectivity index (χ1) is 9.11. The molecule has 0 aliphatic carbocycles. The van der Waals surface area contributed by atoms with Crippen LogP contribution in [-0.2, 0) is 5.60 Å². The maximum atomic E-state index is 11.1. The van der Waals surface area contributed by atoms with Gasteiger partial charge in [-0.3, -0.25) is 0 Å². The summed E-state index contributed by atoms with van der Waals surface area (Å²) in [4.78, 5) is 0. The van der Waals surface area contributed by atoms with Crippen molar-refractivity contribution in [3.8, 4) is 5.75 Å². The summed E-state index contributed by atoms with van der Waals surface area (Å²) >= 11 is 6.06. The standard InChI is InChI=1S/C16H17ClO2/c1-3-16(18,12-7-5-4-6-8-12)14-11-13(17)9-10-15(14)19-2/h4-11,18H,3H2,1-2H3. The van der Waals surface area contributed by atoms with Crippen molar-refractivity contribution in [3.05, 3.63) is 64.7 Å². The molecule has 1 atom stereocenters. The van der Waals surface area contributed by atoms with E-state index in [0.717, 1.165) is 5.56 Å². The lowest BCUT2D eigenvalue weighted by atomic mass is 9.83. The predicted molar refractivity (Wildman–Crippen MR) is 77.7 cm³/mol. The number of halogens is 1. The van der Waals surface area contributed by atoms with E-state index >= 15 is 0 Å². The summed E-state index contributed by atoms with van der Waals surface area (Å²) in [6.45, 7) is 1.94. The zero-order valence-electron chi connectivity index (χ0n) is 11.1. The zero-order valence-corrected chi connectivity index (χ0v) is 11.8. The molecule has 0 bridgehead atoms. The lowest BCUT2D eigenvalue weighted by Crippen LogP contribution is -2.26. The van der Waals surface area contributed by atoms with Crippen LogP contribution in [0.1, 0.15) is 24.5 Å². The fourth-order valence-electron chi connectivity index (χ4n) is 2.27. The minimum Gasteiger partial charge on any atom is -0.496 e. The average Bonchev–Trinajstić information content (AvgIpc) is 2.47. The van der Waals surface area contributed by atoms with E-state index in [4.69, 9.17) is 16.3 Å². The molecule has 0 heterocycles. The Morgan fingerprint density at radius 2 is 1.84 bits per heavy atom. The molecular formula is C16H17ClO2. The van der Waals surface area contributed by atoms with Crippen LogP contribution in [0.5, 0.6) is 5.75 Å². The number of hydrogen-bond donors (Lipinski definition) is 1. The normalized spacial score (nSPS) is 13.9. The Morgan fingerprint density at radius 3 is 2.42 bits per heavy atom. The third-order valence-electron chi connectivity index (χ3n) is 3.37. The highest BCUT2D eigenvalue weighted by Crippen LogP contribution is 2.39. The highest BCUT2D eigenvalue weighted by molar-refractivity contribution is 6.30. The highest BCUT2D eigenvalue weighted by Gasteiger charge is 2.32. The second-order valence-corrected chi connectivity index (χ2v) is 4.86. The molecule has 0 saturated carbocycles. The highest BCUT2D eigenvalue weighted by atomic mass is 35.5. The Balaban J connectivity index is 2.62. The van der Waals surface area contributed by atoms with E-state index in [2.05, 4.69) is 0 Å². The molecule has 0 fully saturated rings. The number of rotatable bonds is 4. The first-order valence-electron chi connectivity index (χ1n) is 6.23. The number of ether oxygens (including phenoxy) is 1. The Morgan fingerprint density at radius 1 is 1.16 bits per heavy atom. The summed E-state index contributed by atoms with van der Waals surface area (Å²) in [5.74, 6) is 0.637. The molecule has 3 heteroatoms. The minimum atomic E-state index is -1.10. The second-order valence-electron chi connectivity index (χ2n) is 4.42. The zero-order chi connectivity index (χ0) is 13.9. The van der Waals surface area contributed by atoms with Crippen molar-refractivity contribution in [3.63, 3.8) is 0 Å². The van der Waals surface area contributed by atoms with Crippen molar-refractivity contribution in [2.45, 2.75) is 18.9 Å². The Bertz CT molecular complexity index is 554. The molecule has 1 N–H and O–H groups in total. The number of benzene rings is 2. The predicted octanol–water partition coefficient (Wildman–Crippen LogP) is 3.99. The molecule has 100 valence electrons. The van der Waals surface area contributed by atoms with E-state index in [9.17, 15) is 5.11 Å². The molecule has 19 heavy (non-hydrogen) atoms. The molecule has 0 saturated heterocycles. The summed E-state index contributed by atoms with van der Waals surface area (Å²) in [5, 5.41) is 11.6. The molecule has 0 amide bonds. The molecule has 0 aliphatic heterocycles. The summed E-state index contributed by atoms with van der Waals surface area (Å²) in [7, 11) is 1.59. The van der Waals surface area contributed by atoms with Crippen LogP contribution in [-0.4, -0.2) is 12.2 Å². The van der Waals surface area contributed by atoms with Crippen molar-refractivity contribution in [2.24, 2.45) is 0 Å². The van der Waals surface area contributed by atoms with E-state index in [0.29, 0.717) is 22.8 Å². The van der Waals surface area contributed by atoms with Gasteiger partial charge in [-0.15, -0.1) is 0 Å². The Labute approximate surface area is 118 Å². The summed E-state index contributed by atoms with van der Waals surface area (Å²) in [5.41, 5.74) is 0.423. The quantitative estimate of drug-likeness (QED) is 0.915. The van der Waals surface area contributed by atoms with Gasteiger partial charge < -0.3 is 9.84 Å². The first-order valence-corrected chi connectivity index (χ1v) is 6.61. The van der Waals surface area contributed by atoms with Gasteiger partial charge in [-0.2, -0.15) is 0 Å². The smallest absolute Gasteiger partial charge is 0.125 e. The van der Waals surface area contributed by atoms with Gasteiger partial charge in [-0.05, 0) is 30.2 Å². The van der Waals surface area contributed by atoms with Crippen LogP contribution >= 0.6 is 11.6 Å². The van der Waals surface area contributed by atoms with Gasteiger partial charge in [-0.1, -0.05) is 48.9 Å². The fraction of sp³-hybridized carbons (Fsp3) is 0.250. The van der Waals surface area contributed by atoms with Gasteiger partial charge in [0.25, 0.3) is 0 Å². The summed E-state index contributed by atoms with van der Waals surface area (Å²) in [6.07, 6.45) is 0.535. The molecule has 0 spiro atoms. The molecular weight excluding hydrogens is 260 g/mol. The molecule has 2 aromatic rings. The van der Waals surface area contributed by atoms with Gasteiger partial charge in [0.15, 0.2) is 0 Å². The average molecular weight is 277 g/mol. The molecule has 0 radical (unpaired) electrons. The lowest BCUT2D eigenvalue weighted by Gasteiger charge is -2.29. The number of hydrogen-bond acceptors (Lipinski definition) is 2. The van der Waals surface area contributed by atoms with Crippen molar-refractivity contribution in [1.29, 1.82) is 0 Å². The maximum Gasteiger partial charge on any atom is 0.125 e. The largest absolute Gasteiger partial charge is 0.496 e. The van der Waals surface area contributed by atoms with Gasteiger partial charge in [0, 0.05) is 10.6 Å². The van der Waals surface area contributed by atoms with Crippen LogP contribution < -0.4 is 4.74 Å². The second kappa shape index (κ2) is 5.64. The topological polar surface area (TPSA) is 29.5 Å². The van der Waals surface area contributed by atoms with E-state index < -0.39 is 5.60 Å². The van der Waals surface area contributed by atoms with Crippen LogP contribution in [0.25, 0.3) is 0 Å². The molecule has 0 aliphatic rings. The van der Waals surface area contributed by atoms with Crippen LogP contribution in [0.3, 0.4) is 0 Å². The van der Waals surface area contributed by atoms with Crippen LogP contribution in [0.15, 0.2) is 48.5 Å². The fourth-order valence-corrected chi connectivity index (χ4v) is 2.44. The van der Waals surface area contributed by atoms with Gasteiger partial charge in [0.2, 0.25) is 0 Å². The molecule has 1 unspecified atom stereocenters. The molecule has 2 nitrogen and oxygen atoms in total. The van der Waals surface area contributed by atoms with Gasteiger partial charge in [0.1, 0.15) is 11.4 Å². The number of methoxy groups -OCH3 is 1. The van der Waals surface area contributed by atoms with E-state index in [1.165, 1.54) is 0 Å². The minimum absolute atomic E-state index is 0.535. The first kappa shape index (κ1) is 13.9. The van der Waals surface area contributed by atoms with Crippen molar-refractivity contribution < 1.29 is 9.84 Å². The Kier molecular flexibility index (Phi) is 4.13. The third-order valence-corrected chi connectivity index (χ3v) is 3.61. The molecule has 2 aromatic carbocycles. The van der Waals surface area contributed by atoms with E-state index in [1.54, 1.807) is 25.3 Å². The molecule has 0 aromatic heterocycles. The monoisotopic (exact) mass is 276 g/mol.